The van der Waals surface area contributed by atoms with Gasteiger partial charge >= 0.3 is 6.09 Å². The topological polar surface area (TPSA) is 117 Å². The largest absolute Gasteiger partial charge is 0.444 e. The summed E-state index contributed by atoms with van der Waals surface area (Å²) in [7, 11) is 0. The summed E-state index contributed by atoms with van der Waals surface area (Å²) in [5.74, 6) is -0.218. The van der Waals surface area contributed by atoms with Crippen molar-refractivity contribution in [2.45, 2.75) is 71.6 Å². The van der Waals surface area contributed by atoms with Crippen molar-refractivity contribution >= 4 is 41.3 Å². The van der Waals surface area contributed by atoms with Crippen LogP contribution in [0.2, 0.25) is 0 Å². The molecule has 2 rings (SSSR count). The van der Waals surface area contributed by atoms with Gasteiger partial charge in [0.1, 0.15) is 17.7 Å². The smallest absolute Gasteiger partial charge is 0.408 e. The Morgan fingerprint density at radius 1 is 1.08 bits per heavy atom. The molecule has 0 radical (unpaired) electrons. The molecule has 2 atom stereocenters. The molecule has 0 spiro atoms. The van der Waals surface area contributed by atoms with E-state index < -0.39 is 23.8 Å². The van der Waals surface area contributed by atoms with Crippen molar-refractivity contribution in [2.75, 3.05) is 30.4 Å². The number of hydrogen-bond donors (Lipinski definition) is 3. The first-order valence-electron chi connectivity index (χ1n) is 12.3. The van der Waals surface area contributed by atoms with E-state index in [2.05, 4.69) is 16.0 Å². The summed E-state index contributed by atoms with van der Waals surface area (Å²) in [6, 6.07) is 6.08. The molecule has 200 valence electrons. The minimum atomic E-state index is -0.688. The highest BCUT2D eigenvalue weighted by Gasteiger charge is 2.33. The van der Waals surface area contributed by atoms with Crippen LogP contribution in [0.25, 0.3) is 0 Å². The Morgan fingerprint density at radius 2 is 1.69 bits per heavy atom. The van der Waals surface area contributed by atoms with Crippen LogP contribution in [0.4, 0.5) is 10.5 Å². The van der Waals surface area contributed by atoms with Crippen LogP contribution >= 0.6 is 11.8 Å². The first-order chi connectivity index (χ1) is 16.9. The molecule has 3 N–H and O–H groups in total. The van der Waals surface area contributed by atoms with Gasteiger partial charge in [-0.2, -0.15) is 11.8 Å². The molecular weight excluding hydrogens is 480 g/mol. The summed E-state index contributed by atoms with van der Waals surface area (Å²) < 4.78 is 5.32. The molecule has 9 nitrogen and oxygen atoms in total. The van der Waals surface area contributed by atoms with Crippen LogP contribution in [0.15, 0.2) is 24.3 Å². The maximum Gasteiger partial charge on any atom is 0.408 e. The van der Waals surface area contributed by atoms with E-state index in [1.807, 2.05) is 37.4 Å². The van der Waals surface area contributed by atoms with Gasteiger partial charge in [0.2, 0.25) is 17.7 Å². The van der Waals surface area contributed by atoms with Gasteiger partial charge in [-0.3, -0.25) is 14.4 Å². The molecule has 1 aromatic rings. The Balaban J connectivity index is 1.86. The third-order valence-corrected chi connectivity index (χ3v) is 6.49. The second kappa shape index (κ2) is 13.5. The molecule has 0 aromatic heterocycles. The zero-order chi connectivity index (χ0) is 26.9. The quantitative estimate of drug-likeness (QED) is 0.460. The fraction of sp³-hybridized carbons (Fsp3) is 0.615. The van der Waals surface area contributed by atoms with Gasteiger partial charge in [-0.15, -0.1) is 0 Å². The number of rotatable bonds is 9. The molecule has 1 aromatic carbocycles. The maximum atomic E-state index is 13.1. The van der Waals surface area contributed by atoms with Crippen LogP contribution in [-0.2, 0) is 19.1 Å². The van der Waals surface area contributed by atoms with E-state index >= 15 is 0 Å². The van der Waals surface area contributed by atoms with Gasteiger partial charge in [0, 0.05) is 24.7 Å². The Morgan fingerprint density at radius 3 is 2.25 bits per heavy atom. The molecule has 1 saturated heterocycles. The van der Waals surface area contributed by atoms with Crippen LogP contribution in [0.1, 0.15) is 52.5 Å². The van der Waals surface area contributed by atoms with Crippen molar-refractivity contribution in [1.29, 1.82) is 0 Å². The van der Waals surface area contributed by atoms with Crippen molar-refractivity contribution in [3.63, 3.8) is 0 Å². The number of nitrogens with zero attached hydrogens (tertiary/aromatic N) is 1. The molecular formula is C26H40N4O5S. The number of thioether (sulfide) groups is 1. The summed E-state index contributed by atoms with van der Waals surface area (Å²) in [4.78, 5) is 52.3. The Labute approximate surface area is 218 Å². The lowest BCUT2D eigenvalue weighted by Crippen LogP contribution is -2.53. The first kappa shape index (κ1) is 29.5. The number of nitrogens with one attached hydrogen (secondary N) is 3. The maximum absolute atomic E-state index is 13.1. The number of aryl methyl sites for hydroxylation is 1. The predicted octanol–water partition coefficient (Wildman–Crippen LogP) is 3.32. The lowest BCUT2D eigenvalue weighted by molar-refractivity contribution is -0.137. The number of anilines is 1. The van der Waals surface area contributed by atoms with Crippen LogP contribution in [0, 0.1) is 12.8 Å². The molecule has 4 amide bonds. The third kappa shape index (κ3) is 9.72. The zero-order valence-corrected chi connectivity index (χ0v) is 23.0. The summed E-state index contributed by atoms with van der Waals surface area (Å²) in [5, 5.41) is 8.31. The van der Waals surface area contributed by atoms with Gasteiger partial charge < -0.3 is 25.6 Å². The lowest BCUT2D eigenvalue weighted by atomic mass is 9.95. The molecule has 36 heavy (non-hydrogen) atoms. The number of carbonyl (C=O) groups excluding carboxylic acids is 4. The number of amides is 4. The monoisotopic (exact) mass is 520 g/mol. The van der Waals surface area contributed by atoms with Crippen molar-refractivity contribution in [1.82, 2.24) is 15.5 Å². The molecule has 1 aliphatic rings. The average molecular weight is 521 g/mol. The first-order valence-corrected chi connectivity index (χ1v) is 13.7. The molecule has 0 bridgehead atoms. The molecule has 10 heteroatoms. The molecule has 0 unspecified atom stereocenters. The average Bonchev–Trinajstić information content (AvgIpc) is 2.81. The number of hydrogen-bond acceptors (Lipinski definition) is 6. The minimum absolute atomic E-state index is 0.167. The SMILES string of the molecule is CSCC[C@H](NC(=O)OC(C)(C)C)C(=O)N1CCC(C(=O)N[C@H](C)C(=O)Nc2ccc(C)cc2)CC1. The number of likely N-dealkylation sites (tertiary alicyclic amines) is 1. The van der Waals surface area contributed by atoms with Gasteiger partial charge in [-0.05, 0) is 78.0 Å². The summed E-state index contributed by atoms with van der Waals surface area (Å²) >= 11 is 1.60. The lowest BCUT2D eigenvalue weighted by Gasteiger charge is -2.34. The van der Waals surface area contributed by atoms with E-state index in [1.54, 1.807) is 44.4 Å². The van der Waals surface area contributed by atoms with Gasteiger partial charge in [0.25, 0.3) is 0 Å². The highest BCUT2D eigenvalue weighted by molar-refractivity contribution is 7.98. The number of piperidine rings is 1. The highest BCUT2D eigenvalue weighted by Crippen LogP contribution is 2.20. The molecule has 1 heterocycles. The molecule has 0 saturated carbocycles. The predicted molar refractivity (Wildman–Crippen MR) is 143 cm³/mol. The van der Waals surface area contributed by atoms with Crippen LogP contribution in [0.3, 0.4) is 0 Å². The Kier molecular flexibility index (Phi) is 11.1. The summed E-state index contributed by atoms with van der Waals surface area (Å²) in [6.07, 6.45) is 2.81. The summed E-state index contributed by atoms with van der Waals surface area (Å²) in [5.41, 5.74) is 1.11. The number of alkyl carbamates (subject to hydrolysis) is 1. The zero-order valence-electron chi connectivity index (χ0n) is 22.2. The van der Waals surface area contributed by atoms with Gasteiger partial charge in [0.05, 0.1) is 0 Å². The fourth-order valence-corrected chi connectivity index (χ4v) is 4.28. The molecule has 0 aliphatic carbocycles. The van der Waals surface area contributed by atoms with Crippen molar-refractivity contribution in [3.8, 4) is 0 Å². The number of ether oxygens (including phenoxy) is 1. The van der Waals surface area contributed by atoms with Crippen molar-refractivity contribution in [3.05, 3.63) is 29.8 Å². The van der Waals surface area contributed by atoms with Gasteiger partial charge in [-0.1, -0.05) is 17.7 Å². The van der Waals surface area contributed by atoms with Crippen LogP contribution < -0.4 is 16.0 Å². The van der Waals surface area contributed by atoms with E-state index in [4.69, 9.17) is 4.74 Å². The van der Waals surface area contributed by atoms with E-state index in [0.29, 0.717) is 43.8 Å². The fourth-order valence-electron chi connectivity index (χ4n) is 3.81. The van der Waals surface area contributed by atoms with E-state index in [1.165, 1.54) is 0 Å². The van der Waals surface area contributed by atoms with Crippen LogP contribution in [-0.4, -0.2) is 71.5 Å². The number of carbonyl (C=O) groups is 4. The molecule has 1 aliphatic heterocycles. The second-order valence-corrected chi connectivity index (χ2v) is 11.2. The van der Waals surface area contributed by atoms with E-state index in [-0.39, 0.29) is 23.6 Å². The minimum Gasteiger partial charge on any atom is -0.444 e. The van der Waals surface area contributed by atoms with Crippen molar-refractivity contribution < 1.29 is 23.9 Å². The van der Waals surface area contributed by atoms with Gasteiger partial charge in [-0.25, -0.2) is 4.79 Å². The Hall–Kier alpha value is -2.75. The summed E-state index contributed by atoms with van der Waals surface area (Å²) in [6.45, 7) is 9.75. The number of benzene rings is 1. The highest BCUT2D eigenvalue weighted by atomic mass is 32.2. The second-order valence-electron chi connectivity index (χ2n) is 10.2. The standard InChI is InChI=1S/C26H40N4O5S/c1-17-7-9-20(10-8-17)28-22(31)18(2)27-23(32)19-11-14-30(15-12-19)24(33)21(13-16-36-6)29-25(34)35-26(3,4)5/h7-10,18-19,21H,11-16H2,1-6H3,(H,27,32)(H,28,31)(H,29,34)/t18-,21+/m1/s1. The van der Waals surface area contributed by atoms with Crippen molar-refractivity contribution in [2.24, 2.45) is 5.92 Å². The Bertz CT molecular complexity index is 908. The van der Waals surface area contributed by atoms with E-state index in [9.17, 15) is 19.2 Å². The third-order valence-electron chi connectivity index (χ3n) is 5.85. The normalized spacial score (nSPS) is 16.0. The van der Waals surface area contributed by atoms with Gasteiger partial charge in [0.15, 0.2) is 0 Å². The molecule has 1 fully saturated rings. The van der Waals surface area contributed by atoms with E-state index in [0.717, 1.165) is 5.56 Å². The van der Waals surface area contributed by atoms with Crippen LogP contribution in [0.5, 0.6) is 0 Å².